The minimum atomic E-state index is 0.629. The first-order valence-electron chi connectivity index (χ1n) is 4.41. The summed E-state index contributed by atoms with van der Waals surface area (Å²) in [5.41, 5.74) is 2.04. The Hall–Kier alpha value is -2.03. The molecule has 68 valence electrons. The fourth-order valence-corrected chi connectivity index (χ4v) is 1.48. The zero-order valence-corrected chi connectivity index (χ0v) is 7.42. The maximum atomic E-state index is 5.17. The molecule has 14 heavy (non-hydrogen) atoms. The first-order valence-corrected chi connectivity index (χ1v) is 4.41. The monoisotopic (exact) mass is 184 g/mol. The molecule has 0 amide bonds. The van der Waals surface area contributed by atoms with Crippen molar-refractivity contribution in [2.45, 2.75) is 0 Å². The van der Waals surface area contributed by atoms with Gasteiger partial charge in [0.05, 0.1) is 5.69 Å². The number of hydrogen-bond acceptors (Lipinski definition) is 2. The Bertz CT molecular complexity index is 522. The van der Waals surface area contributed by atoms with E-state index in [1.165, 1.54) is 0 Å². The molecule has 0 aliphatic carbocycles. The summed E-state index contributed by atoms with van der Waals surface area (Å²) >= 11 is 0. The van der Waals surface area contributed by atoms with Crippen molar-refractivity contribution in [1.82, 2.24) is 9.38 Å². The van der Waals surface area contributed by atoms with E-state index in [0.29, 0.717) is 5.84 Å². The largest absolute Gasteiger partial charge is 0.432 e. The predicted octanol–water partition coefficient (Wildman–Crippen LogP) is 2.59. The van der Waals surface area contributed by atoms with Crippen molar-refractivity contribution in [2.24, 2.45) is 0 Å². The van der Waals surface area contributed by atoms with Gasteiger partial charge in [-0.1, -0.05) is 30.3 Å². The van der Waals surface area contributed by atoms with Gasteiger partial charge in [-0.05, 0) is 0 Å². The summed E-state index contributed by atoms with van der Waals surface area (Å²) in [5.74, 6) is 0.629. The molecule has 0 fully saturated rings. The molecule has 0 saturated carbocycles. The summed E-state index contributed by atoms with van der Waals surface area (Å²) in [7, 11) is 0. The number of nitrogens with zero attached hydrogens (tertiary/aromatic N) is 2. The van der Waals surface area contributed by atoms with Crippen LogP contribution in [0.2, 0.25) is 0 Å². The molecule has 0 unspecified atom stereocenters. The van der Waals surface area contributed by atoms with Crippen LogP contribution < -0.4 is 0 Å². The molecule has 0 atom stereocenters. The number of rotatable bonds is 1. The molecule has 3 nitrogen and oxygen atoms in total. The Labute approximate surface area is 80.6 Å². The number of hydrogen-bond donors (Lipinski definition) is 0. The molecule has 0 radical (unpaired) electrons. The number of aromatic nitrogens is 2. The summed E-state index contributed by atoms with van der Waals surface area (Å²) < 4.78 is 7.04. The smallest absolute Gasteiger partial charge is 0.306 e. The van der Waals surface area contributed by atoms with Crippen LogP contribution in [0, 0.1) is 0 Å². The highest BCUT2D eigenvalue weighted by Gasteiger charge is 2.04. The van der Waals surface area contributed by atoms with E-state index in [-0.39, 0.29) is 0 Å². The van der Waals surface area contributed by atoms with Gasteiger partial charge < -0.3 is 4.42 Å². The van der Waals surface area contributed by atoms with Gasteiger partial charge in [0.25, 0.3) is 0 Å². The lowest BCUT2D eigenvalue weighted by atomic mass is 10.2. The Morgan fingerprint density at radius 2 is 2.00 bits per heavy atom. The van der Waals surface area contributed by atoms with Gasteiger partial charge in [0.15, 0.2) is 0 Å². The number of fused-ring (bicyclic) bond motifs is 1. The fourth-order valence-electron chi connectivity index (χ4n) is 1.48. The van der Waals surface area contributed by atoms with E-state index in [0.717, 1.165) is 11.3 Å². The van der Waals surface area contributed by atoms with Gasteiger partial charge in [-0.25, -0.2) is 0 Å². The standard InChI is InChI=1S/C11H8N2O/c1-2-4-9(5-3-1)10-8-13-6-7-14-11(13)12-10/h1-8H. The van der Waals surface area contributed by atoms with Crippen LogP contribution in [0.1, 0.15) is 0 Å². The molecule has 0 spiro atoms. The van der Waals surface area contributed by atoms with Gasteiger partial charge in [0, 0.05) is 18.0 Å². The van der Waals surface area contributed by atoms with Crippen molar-refractivity contribution < 1.29 is 4.42 Å². The van der Waals surface area contributed by atoms with Gasteiger partial charge >= 0.3 is 5.84 Å². The molecule has 3 heteroatoms. The maximum Gasteiger partial charge on any atom is 0.306 e. The van der Waals surface area contributed by atoms with Gasteiger partial charge in [0.2, 0.25) is 0 Å². The van der Waals surface area contributed by atoms with Gasteiger partial charge in [-0.15, -0.1) is 0 Å². The highest BCUT2D eigenvalue weighted by atomic mass is 16.3. The lowest BCUT2D eigenvalue weighted by molar-refractivity contribution is 0.596. The van der Waals surface area contributed by atoms with E-state index in [4.69, 9.17) is 4.42 Å². The summed E-state index contributed by atoms with van der Waals surface area (Å²) in [4.78, 5) is 4.34. The van der Waals surface area contributed by atoms with E-state index >= 15 is 0 Å². The summed E-state index contributed by atoms with van der Waals surface area (Å²) in [6.45, 7) is 0. The van der Waals surface area contributed by atoms with Crippen molar-refractivity contribution in [2.75, 3.05) is 0 Å². The van der Waals surface area contributed by atoms with E-state index < -0.39 is 0 Å². The molecule has 2 heterocycles. The molecule has 1 aromatic carbocycles. The molecule has 0 aliphatic heterocycles. The topological polar surface area (TPSA) is 30.4 Å². The van der Waals surface area contributed by atoms with E-state index in [1.54, 1.807) is 6.26 Å². The molecular formula is C11H8N2O. The van der Waals surface area contributed by atoms with Gasteiger partial charge in [-0.2, -0.15) is 4.98 Å². The van der Waals surface area contributed by atoms with Crippen LogP contribution in [0.4, 0.5) is 0 Å². The van der Waals surface area contributed by atoms with Crippen molar-refractivity contribution in [3.63, 3.8) is 0 Å². The van der Waals surface area contributed by atoms with Crippen LogP contribution >= 0.6 is 0 Å². The van der Waals surface area contributed by atoms with Crippen LogP contribution in [-0.4, -0.2) is 9.38 Å². The Morgan fingerprint density at radius 3 is 2.79 bits per heavy atom. The molecule has 2 aromatic heterocycles. The highest BCUT2D eigenvalue weighted by Crippen LogP contribution is 2.18. The second kappa shape index (κ2) is 2.73. The minimum Gasteiger partial charge on any atom is -0.432 e. The number of imidazole rings is 1. The predicted molar refractivity (Wildman–Crippen MR) is 52.9 cm³/mol. The zero-order valence-electron chi connectivity index (χ0n) is 7.42. The Balaban J connectivity index is 2.19. The van der Waals surface area contributed by atoms with Crippen LogP contribution in [0.5, 0.6) is 0 Å². The molecule has 0 bridgehead atoms. The average molecular weight is 184 g/mol. The Morgan fingerprint density at radius 1 is 1.14 bits per heavy atom. The van der Waals surface area contributed by atoms with Crippen molar-refractivity contribution in [3.8, 4) is 11.3 Å². The molecule has 3 rings (SSSR count). The SMILES string of the molecule is c1ccc(-c2cn3ccoc3n2)cc1. The summed E-state index contributed by atoms with van der Waals surface area (Å²) in [6, 6.07) is 10.0. The molecule has 0 aliphatic rings. The molecular weight excluding hydrogens is 176 g/mol. The van der Waals surface area contributed by atoms with E-state index in [2.05, 4.69) is 4.98 Å². The lowest BCUT2D eigenvalue weighted by Crippen LogP contribution is -1.74. The third-order valence-electron chi connectivity index (χ3n) is 2.16. The maximum absolute atomic E-state index is 5.17. The van der Waals surface area contributed by atoms with Crippen LogP contribution in [0.3, 0.4) is 0 Å². The van der Waals surface area contributed by atoms with Crippen molar-refractivity contribution >= 4 is 5.84 Å². The minimum absolute atomic E-state index is 0.629. The van der Waals surface area contributed by atoms with E-state index in [9.17, 15) is 0 Å². The third-order valence-corrected chi connectivity index (χ3v) is 2.16. The summed E-state index contributed by atoms with van der Waals surface area (Å²) in [6.07, 6.45) is 5.42. The fraction of sp³-hybridized carbons (Fsp3) is 0. The third kappa shape index (κ3) is 1.03. The number of benzene rings is 1. The number of oxazole rings is 1. The van der Waals surface area contributed by atoms with Crippen LogP contribution in [-0.2, 0) is 0 Å². The quantitative estimate of drug-likeness (QED) is 0.582. The summed E-state index contributed by atoms with van der Waals surface area (Å²) in [5, 5.41) is 0. The Kier molecular flexibility index (Phi) is 1.44. The second-order valence-corrected chi connectivity index (χ2v) is 3.09. The first kappa shape index (κ1) is 7.38. The van der Waals surface area contributed by atoms with Gasteiger partial charge in [-0.3, -0.25) is 4.40 Å². The average Bonchev–Trinajstić information content (AvgIpc) is 2.78. The highest BCUT2D eigenvalue weighted by molar-refractivity contribution is 5.60. The first-order chi connectivity index (χ1) is 6.93. The van der Waals surface area contributed by atoms with Crippen LogP contribution in [0.25, 0.3) is 17.1 Å². The molecule has 0 N–H and O–H groups in total. The molecule has 0 saturated heterocycles. The lowest BCUT2D eigenvalue weighted by Gasteiger charge is -1.92. The van der Waals surface area contributed by atoms with Crippen LogP contribution in [0.15, 0.2) is 53.4 Å². The zero-order chi connectivity index (χ0) is 9.38. The molecule has 3 aromatic rings. The van der Waals surface area contributed by atoms with Crippen molar-refractivity contribution in [3.05, 3.63) is 49.0 Å². The van der Waals surface area contributed by atoms with Gasteiger partial charge in [0.1, 0.15) is 6.26 Å². The normalized spacial score (nSPS) is 10.9. The second-order valence-electron chi connectivity index (χ2n) is 3.09. The van der Waals surface area contributed by atoms with E-state index in [1.807, 2.05) is 47.1 Å². The van der Waals surface area contributed by atoms with Crippen molar-refractivity contribution in [1.29, 1.82) is 0 Å².